The largest absolute Gasteiger partial charge is 0.490 e. The Bertz CT molecular complexity index is 875. The Kier molecular flexibility index (Phi) is 5.30. The Morgan fingerprint density at radius 3 is 2.79 bits per heavy atom. The topological polar surface area (TPSA) is 130 Å². The van der Waals surface area contributed by atoms with Gasteiger partial charge in [-0.2, -0.15) is 0 Å². The maximum absolute atomic E-state index is 12.1. The first-order valence-electron chi connectivity index (χ1n) is 7.10. The number of nitrogen functional groups attached to an aromatic ring is 1. The third kappa shape index (κ3) is 4.17. The SMILES string of the molecule is Cc1ccc(Cl)c(OC[C@@H](C)NC(=O)c2[nH]c(=O)[nH]c(=O)c2N)c1. The zero-order chi connectivity index (χ0) is 17.9. The number of aryl methyl sites for hydroxylation is 1. The van der Waals surface area contributed by atoms with E-state index in [1.165, 1.54) is 0 Å². The number of nitrogens with one attached hydrogen (secondary N) is 3. The molecule has 0 fully saturated rings. The fraction of sp³-hybridized carbons (Fsp3) is 0.267. The molecule has 0 aliphatic carbocycles. The maximum Gasteiger partial charge on any atom is 0.326 e. The van der Waals surface area contributed by atoms with Crippen molar-refractivity contribution in [1.82, 2.24) is 15.3 Å². The summed E-state index contributed by atoms with van der Waals surface area (Å²) in [6.45, 7) is 3.74. The Balaban J connectivity index is 2.03. The van der Waals surface area contributed by atoms with Crippen LogP contribution in [-0.4, -0.2) is 28.5 Å². The average Bonchev–Trinajstić information content (AvgIpc) is 2.51. The second-order valence-corrected chi connectivity index (χ2v) is 5.72. The van der Waals surface area contributed by atoms with Crippen molar-refractivity contribution in [1.29, 1.82) is 0 Å². The minimum absolute atomic E-state index is 0.141. The Morgan fingerprint density at radius 2 is 2.08 bits per heavy atom. The number of hydrogen-bond donors (Lipinski definition) is 4. The number of nitrogens with two attached hydrogens (primary N) is 1. The van der Waals surface area contributed by atoms with Crippen LogP contribution in [-0.2, 0) is 0 Å². The number of carbonyl (C=O) groups excluding carboxylic acids is 1. The number of aromatic nitrogens is 2. The minimum Gasteiger partial charge on any atom is -0.490 e. The molecular formula is C15H17ClN4O4. The van der Waals surface area contributed by atoms with E-state index in [0.717, 1.165) is 5.56 Å². The van der Waals surface area contributed by atoms with Crippen LogP contribution in [0.1, 0.15) is 23.0 Å². The molecule has 0 unspecified atom stereocenters. The van der Waals surface area contributed by atoms with Crippen molar-refractivity contribution in [3.8, 4) is 5.75 Å². The Morgan fingerprint density at radius 1 is 1.38 bits per heavy atom. The average molecular weight is 353 g/mol. The monoisotopic (exact) mass is 352 g/mol. The Labute approximate surface area is 142 Å². The van der Waals surface area contributed by atoms with Gasteiger partial charge in [0.2, 0.25) is 0 Å². The number of H-pyrrole nitrogens is 2. The van der Waals surface area contributed by atoms with Crippen molar-refractivity contribution in [2.45, 2.75) is 19.9 Å². The van der Waals surface area contributed by atoms with Crippen molar-refractivity contribution in [3.63, 3.8) is 0 Å². The van der Waals surface area contributed by atoms with Gasteiger partial charge in [0.25, 0.3) is 11.5 Å². The number of benzene rings is 1. The zero-order valence-electron chi connectivity index (χ0n) is 13.1. The summed E-state index contributed by atoms with van der Waals surface area (Å²) in [5.41, 5.74) is 4.21. The lowest BCUT2D eigenvalue weighted by atomic mass is 10.2. The van der Waals surface area contributed by atoms with Gasteiger partial charge >= 0.3 is 5.69 Å². The molecule has 0 saturated carbocycles. The molecule has 0 spiro atoms. The molecule has 0 aliphatic heterocycles. The highest BCUT2D eigenvalue weighted by atomic mass is 35.5. The first kappa shape index (κ1) is 17.6. The lowest BCUT2D eigenvalue weighted by molar-refractivity contribution is 0.0922. The predicted molar refractivity (Wildman–Crippen MR) is 90.7 cm³/mol. The van der Waals surface area contributed by atoms with E-state index in [1.807, 2.05) is 18.0 Å². The molecule has 0 bridgehead atoms. The second-order valence-electron chi connectivity index (χ2n) is 5.32. The van der Waals surface area contributed by atoms with Crippen LogP contribution in [0.4, 0.5) is 5.69 Å². The quantitative estimate of drug-likeness (QED) is 0.632. The maximum atomic E-state index is 12.1. The van der Waals surface area contributed by atoms with Crippen LogP contribution < -0.4 is 27.0 Å². The molecule has 0 saturated heterocycles. The van der Waals surface area contributed by atoms with Gasteiger partial charge < -0.3 is 20.8 Å². The number of aromatic amines is 2. The number of anilines is 1. The molecule has 5 N–H and O–H groups in total. The molecule has 0 aliphatic rings. The third-order valence-electron chi connectivity index (χ3n) is 3.16. The zero-order valence-corrected chi connectivity index (χ0v) is 13.9. The number of ether oxygens (including phenoxy) is 1. The summed E-state index contributed by atoms with van der Waals surface area (Å²) in [5, 5.41) is 3.05. The summed E-state index contributed by atoms with van der Waals surface area (Å²) >= 11 is 6.03. The number of hydrogen-bond acceptors (Lipinski definition) is 5. The van der Waals surface area contributed by atoms with Crippen LogP contribution in [0.2, 0.25) is 5.02 Å². The summed E-state index contributed by atoms with van der Waals surface area (Å²) < 4.78 is 5.58. The second kappa shape index (κ2) is 7.22. The summed E-state index contributed by atoms with van der Waals surface area (Å²) in [5.74, 6) is -0.177. The summed E-state index contributed by atoms with van der Waals surface area (Å²) in [6.07, 6.45) is 0. The first-order chi connectivity index (χ1) is 11.3. The lowest BCUT2D eigenvalue weighted by Crippen LogP contribution is -2.40. The van der Waals surface area contributed by atoms with Gasteiger partial charge in [-0.25, -0.2) is 4.79 Å². The molecule has 2 aromatic rings. The molecule has 0 radical (unpaired) electrons. The molecule has 1 atom stereocenters. The van der Waals surface area contributed by atoms with Crippen molar-refractivity contribution in [2.24, 2.45) is 0 Å². The smallest absolute Gasteiger partial charge is 0.326 e. The number of amides is 1. The number of halogens is 1. The predicted octanol–water partition coefficient (Wildman–Crippen LogP) is 0.805. The van der Waals surface area contributed by atoms with E-state index >= 15 is 0 Å². The van der Waals surface area contributed by atoms with E-state index in [4.69, 9.17) is 22.1 Å². The van der Waals surface area contributed by atoms with Gasteiger partial charge in [0.05, 0.1) is 11.1 Å². The standard InChI is InChI=1S/C15H17ClN4O4/c1-7-3-4-9(16)10(5-7)24-6-8(2)18-14(22)12-11(17)13(21)20-15(23)19-12/h3-5,8H,6,17H2,1-2H3,(H,18,22)(H2,19,20,21,23)/t8-/m1/s1. The lowest BCUT2D eigenvalue weighted by Gasteiger charge is -2.16. The highest BCUT2D eigenvalue weighted by Gasteiger charge is 2.17. The van der Waals surface area contributed by atoms with Crippen LogP contribution >= 0.6 is 11.6 Å². The third-order valence-corrected chi connectivity index (χ3v) is 3.47. The van der Waals surface area contributed by atoms with E-state index in [2.05, 4.69) is 10.3 Å². The van der Waals surface area contributed by atoms with Gasteiger partial charge in [-0.05, 0) is 31.5 Å². The fourth-order valence-electron chi connectivity index (χ4n) is 1.95. The van der Waals surface area contributed by atoms with Crippen LogP contribution in [0.5, 0.6) is 5.75 Å². The highest BCUT2D eigenvalue weighted by molar-refractivity contribution is 6.32. The number of carbonyl (C=O) groups is 1. The van der Waals surface area contributed by atoms with Crippen molar-refractivity contribution in [3.05, 3.63) is 55.3 Å². The molecule has 128 valence electrons. The van der Waals surface area contributed by atoms with Gasteiger partial charge in [-0.1, -0.05) is 17.7 Å². The van der Waals surface area contributed by atoms with Gasteiger partial charge in [0.1, 0.15) is 23.7 Å². The van der Waals surface area contributed by atoms with Crippen LogP contribution in [0.25, 0.3) is 0 Å². The van der Waals surface area contributed by atoms with Crippen molar-refractivity contribution in [2.75, 3.05) is 12.3 Å². The van der Waals surface area contributed by atoms with Crippen LogP contribution in [0.15, 0.2) is 27.8 Å². The molecule has 8 nitrogen and oxygen atoms in total. The van der Waals surface area contributed by atoms with Crippen LogP contribution in [0, 0.1) is 6.92 Å². The van der Waals surface area contributed by atoms with E-state index in [0.29, 0.717) is 10.8 Å². The molecule has 1 heterocycles. The van der Waals surface area contributed by atoms with E-state index < -0.39 is 23.2 Å². The van der Waals surface area contributed by atoms with Gasteiger partial charge in [0, 0.05) is 0 Å². The summed E-state index contributed by atoms with van der Waals surface area (Å²) in [7, 11) is 0. The molecule has 1 aromatic heterocycles. The highest BCUT2D eigenvalue weighted by Crippen LogP contribution is 2.25. The van der Waals surface area contributed by atoms with Crippen molar-refractivity contribution >= 4 is 23.2 Å². The molecule has 1 amide bonds. The molecule has 9 heteroatoms. The van der Waals surface area contributed by atoms with Gasteiger partial charge in [-0.3, -0.25) is 14.6 Å². The van der Waals surface area contributed by atoms with E-state index in [-0.39, 0.29) is 18.0 Å². The molecule has 2 rings (SSSR count). The van der Waals surface area contributed by atoms with Gasteiger partial charge in [-0.15, -0.1) is 0 Å². The van der Waals surface area contributed by atoms with E-state index in [9.17, 15) is 14.4 Å². The van der Waals surface area contributed by atoms with Crippen LogP contribution in [0.3, 0.4) is 0 Å². The molecule has 24 heavy (non-hydrogen) atoms. The minimum atomic E-state index is -0.820. The van der Waals surface area contributed by atoms with Gasteiger partial charge in [0.15, 0.2) is 0 Å². The molecular weight excluding hydrogens is 336 g/mol. The Hall–Kier alpha value is -2.74. The summed E-state index contributed by atoms with van der Waals surface area (Å²) in [4.78, 5) is 38.9. The molecule has 1 aromatic carbocycles. The fourth-order valence-corrected chi connectivity index (χ4v) is 2.12. The normalized spacial score (nSPS) is 11.8. The summed E-state index contributed by atoms with van der Waals surface area (Å²) in [6, 6.07) is 4.93. The number of rotatable bonds is 5. The first-order valence-corrected chi connectivity index (χ1v) is 7.47. The van der Waals surface area contributed by atoms with E-state index in [1.54, 1.807) is 19.1 Å². The van der Waals surface area contributed by atoms with Crippen molar-refractivity contribution < 1.29 is 9.53 Å².